The number of likely N-dealkylation sites (tertiary alicyclic amines) is 1. The van der Waals surface area contributed by atoms with E-state index >= 15 is 0 Å². The molecular weight excluding hydrogens is 164 g/mol. The minimum atomic E-state index is -0.168. The maximum atomic E-state index is 9.50. The third-order valence-corrected chi connectivity index (χ3v) is 2.50. The lowest BCUT2D eigenvalue weighted by Crippen LogP contribution is -2.32. The van der Waals surface area contributed by atoms with Crippen LogP contribution in [0.5, 0.6) is 0 Å². The lowest BCUT2D eigenvalue weighted by Gasteiger charge is -2.19. The Morgan fingerprint density at radius 1 is 1.54 bits per heavy atom. The number of rotatable bonds is 5. The summed E-state index contributed by atoms with van der Waals surface area (Å²) in [5, 5.41) is 12.9. The van der Waals surface area contributed by atoms with Crippen molar-refractivity contribution in [3.8, 4) is 0 Å². The van der Waals surface area contributed by atoms with E-state index in [1.807, 2.05) is 0 Å². The summed E-state index contributed by atoms with van der Waals surface area (Å²) in [5.74, 6) is 0. The maximum Gasteiger partial charge on any atom is 0.107 e. The molecule has 1 rings (SSSR count). The summed E-state index contributed by atoms with van der Waals surface area (Å²) in [6.45, 7) is 7.47. The highest BCUT2D eigenvalue weighted by molar-refractivity contribution is 4.70. The molecule has 3 nitrogen and oxygen atoms in total. The zero-order chi connectivity index (χ0) is 9.68. The highest BCUT2D eigenvalue weighted by atomic mass is 16.3. The number of aliphatic hydroxyl groups excluding tert-OH is 1. The minimum absolute atomic E-state index is 0.168. The van der Waals surface area contributed by atoms with Gasteiger partial charge in [0.1, 0.15) is 6.23 Å². The molecule has 1 heterocycles. The van der Waals surface area contributed by atoms with Gasteiger partial charge in [-0.3, -0.25) is 4.90 Å². The van der Waals surface area contributed by atoms with E-state index in [9.17, 15) is 5.11 Å². The summed E-state index contributed by atoms with van der Waals surface area (Å²) >= 11 is 0. The first-order valence-corrected chi connectivity index (χ1v) is 5.35. The summed E-state index contributed by atoms with van der Waals surface area (Å²) < 4.78 is 0. The average Bonchev–Trinajstić information content (AvgIpc) is 2.45. The summed E-state index contributed by atoms with van der Waals surface area (Å²) in [6.07, 6.45) is 3.07. The number of hydrogen-bond acceptors (Lipinski definition) is 3. The van der Waals surface area contributed by atoms with E-state index in [0.717, 1.165) is 38.9 Å². The largest absolute Gasteiger partial charge is 0.378 e. The summed E-state index contributed by atoms with van der Waals surface area (Å²) in [7, 11) is 0. The second kappa shape index (κ2) is 5.58. The molecule has 2 N–H and O–H groups in total. The van der Waals surface area contributed by atoms with Gasteiger partial charge in [0.05, 0.1) is 0 Å². The predicted molar refractivity (Wildman–Crippen MR) is 54.6 cm³/mol. The van der Waals surface area contributed by atoms with Crippen LogP contribution < -0.4 is 5.32 Å². The van der Waals surface area contributed by atoms with Gasteiger partial charge in [-0.15, -0.1) is 0 Å². The Morgan fingerprint density at radius 3 is 2.85 bits per heavy atom. The predicted octanol–water partition coefficient (Wildman–Crippen LogP) is 0.789. The van der Waals surface area contributed by atoms with Crippen LogP contribution in [0.2, 0.25) is 0 Å². The molecule has 1 unspecified atom stereocenters. The van der Waals surface area contributed by atoms with Gasteiger partial charge >= 0.3 is 0 Å². The van der Waals surface area contributed by atoms with E-state index in [1.54, 1.807) is 0 Å². The van der Waals surface area contributed by atoms with Crippen LogP contribution >= 0.6 is 0 Å². The zero-order valence-corrected chi connectivity index (χ0v) is 8.79. The van der Waals surface area contributed by atoms with E-state index in [1.165, 1.54) is 0 Å². The fourth-order valence-electron chi connectivity index (χ4n) is 1.74. The lowest BCUT2D eigenvalue weighted by molar-refractivity contribution is 0.0376. The standard InChI is InChI=1S/C10H22N2O/c1-9(2)11-6-4-8-12-7-3-5-10(12)13/h9-11,13H,3-8H2,1-2H3. The van der Waals surface area contributed by atoms with E-state index in [4.69, 9.17) is 0 Å². The summed E-state index contributed by atoms with van der Waals surface area (Å²) in [5.41, 5.74) is 0. The molecule has 1 saturated heterocycles. The highest BCUT2D eigenvalue weighted by Gasteiger charge is 2.20. The highest BCUT2D eigenvalue weighted by Crippen LogP contribution is 2.13. The molecule has 0 aliphatic carbocycles. The van der Waals surface area contributed by atoms with Gasteiger partial charge in [-0.1, -0.05) is 13.8 Å². The Kier molecular flexibility index (Phi) is 4.70. The normalized spacial score (nSPS) is 24.5. The number of hydrogen-bond donors (Lipinski definition) is 2. The number of nitrogens with one attached hydrogen (secondary N) is 1. The monoisotopic (exact) mass is 186 g/mol. The average molecular weight is 186 g/mol. The number of aliphatic hydroxyl groups is 1. The van der Waals surface area contributed by atoms with Crippen LogP contribution in [-0.2, 0) is 0 Å². The van der Waals surface area contributed by atoms with Crippen molar-refractivity contribution in [1.29, 1.82) is 0 Å². The molecule has 0 radical (unpaired) electrons. The Labute approximate surface area is 81.1 Å². The second-order valence-electron chi connectivity index (χ2n) is 4.12. The van der Waals surface area contributed by atoms with Crippen molar-refractivity contribution >= 4 is 0 Å². The molecule has 3 heteroatoms. The van der Waals surface area contributed by atoms with Gasteiger partial charge in [0.15, 0.2) is 0 Å². The smallest absolute Gasteiger partial charge is 0.107 e. The van der Waals surface area contributed by atoms with Crippen LogP contribution in [0, 0.1) is 0 Å². The first-order chi connectivity index (χ1) is 6.20. The fraction of sp³-hybridized carbons (Fsp3) is 1.00. The van der Waals surface area contributed by atoms with Gasteiger partial charge < -0.3 is 10.4 Å². The van der Waals surface area contributed by atoms with Crippen LogP contribution in [-0.4, -0.2) is 41.9 Å². The molecule has 0 aromatic heterocycles. The SMILES string of the molecule is CC(C)NCCCN1CCCC1O. The molecule has 13 heavy (non-hydrogen) atoms. The summed E-state index contributed by atoms with van der Waals surface area (Å²) in [4.78, 5) is 2.17. The van der Waals surface area contributed by atoms with Crippen LogP contribution in [0.1, 0.15) is 33.1 Å². The topological polar surface area (TPSA) is 35.5 Å². The van der Waals surface area contributed by atoms with Gasteiger partial charge in [-0.25, -0.2) is 0 Å². The van der Waals surface area contributed by atoms with E-state index in [-0.39, 0.29) is 6.23 Å². The van der Waals surface area contributed by atoms with Gasteiger partial charge in [0.2, 0.25) is 0 Å². The Bertz CT molecular complexity index is 139. The molecule has 0 spiro atoms. The molecule has 0 saturated carbocycles. The van der Waals surface area contributed by atoms with Gasteiger partial charge in [-0.05, 0) is 25.8 Å². The molecule has 1 fully saturated rings. The first-order valence-electron chi connectivity index (χ1n) is 5.35. The van der Waals surface area contributed by atoms with E-state index in [2.05, 4.69) is 24.1 Å². The molecule has 0 aromatic carbocycles. The van der Waals surface area contributed by atoms with Crippen molar-refractivity contribution in [2.24, 2.45) is 0 Å². The van der Waals surface area contributed by atoms with E-state index < -0.39 is 0 Å². The third kappa shape index (κ3) is 4.07. The molecular formula is C10H22N2O. The maximum absolute atomic E-state index is 9.50. The van der Waals surface area contributed by atoms with Crippen LogP contribution in [0.3, 0.4) is 0 Å². The van der Waals surface area contributed by atoms with Gasteiger partial charge in [0.25, 0.3) is 0 Å². The third-order valence-electron chi connectivity index (χ3n) is 2.50. The van der Waals surface area contributed by atoms with Crippen molar-refractivity contribution in [3.05, 3.63) is 0 Å². The summed E-state index contributed by atoms with van der Waals surface area (Å²) in [6, 6.07) is 0.573. The number of nitrogens with zero attached hydrogens (tertiary/aromatic N) is 1. The van der Waals surface area contributed by atoms with Crippen LogP contribution in [0.15, 0.2) is 0 Å². The Morgan fingerprint density at radius 2 is 2.31 bits per heavy atom. The minimum Gasteiger partial charge on any atom is -0.378 e. The molecule has 1 aliphatic rings. The van der Waals surface area contributed by atoms with Gasteiger partial charge in [0, 0.05) is 19.1 Å². The first kappa shape index (κ1) is 11.0. The van der Waals surface area contributed by atoms with Crippen LogP contribution in [0.4, 0.5) is 0 Å². The second-order valence-corrected chi connectivity index (χ2v) is 4.12. The molecule has 0 bridgehead atoms. The molecule has 0 amide bonds. The van der Waals surface area contributed by atoms with Crippen molar-refractivity contribution in [2.45, 2.75) is 45.4 Å². The van der Waals surface area contributed by atoms with Crippen molar-refractivity contribution < 1.29 is 5.11 Å². The fourth-order valence-corrected chi connectivity index (χ4v) is 1.74. The van der Waals surface area contributed by atoms with E-state index in [0.29, 0.717) is 6.04 Å². The quantitative estimate of drug-likeness (QED) is 0.623. The van der Waals surface area contributed by atoms with Crippen molar-refractivity contribution in [2.75, 3.05) is 19.6 Å². The molecule has 78 valence electrons. The Hall–Kier alpha value is -0.120. The Balaban J connectivity index is 1.99. The van der Waals surface area contributed by atoms with Crippen molar-refractivity contribution in [3.63, 3.8) is 0 Å². The van der Waals surface area contributed by atoms with Crippen LogP contribution in [0.25, 0.3) is 0 Å². The van der Waals surface area contributed by atoms with Crippen molar-refractivity contribution in [1.82, 2.24) is 10.2 Å². The zero-order valence-electron chi connectivity index (χ0n) is 8.79. The lowest BCUT2D eigenvalue weighted by atomic mass is 10.3. The molecule has 0 aromatic rings. The molecule has 1 atom stereocenters. The molecule has 1 aliphatic heterocycles. The van der Waals surface area contributed by atoms with Gasteiger partial charge in [-0.2, -0.15) is 0 Å².